The van der Waals surface area contributed by atoms with E-state index in [1.165, 1.54) is 0 Å². The average molecular weight is 292 g/mol. The second kappa shape index (κ2) is 6.21. The minimum atomic E-state index is -4.63. The smallest absolute Gasteiger partial charge is 0.369 e. The second-order valence-corrected chi connectivity index (χ2v) is 4.75. The summed E-state index contributed by atoms with van der Waals surface area (Å²) in [6.07, 6.45) is -4.63. The molecule has 112 valence electrons. The Morgan fingerprint density at radius 3 is 2.35 bits per heavy atom. The van der Waals surface area contributed by atoms with Gasteiger partial charge in [-0.1, -0.05) is 19.9 Å². The summed E-state index contributed by atoms with van der Waals surface area (Å²) in [5.74, 6) is -2.90. The van der Waals surface area contributed by atoms with Crippen LogP contribution in [0.1, 0.15) is 30.9 Å². The van der Waals surface area contributed by atoms with Crippen molar-refractivity contribution in [1.82, 2.24) is 5.32 Å². The molecule has 1 atom stereocenters. The fraction of sp³-hybridized carbons (Fsp3) is 0.462. The number of benzene rings is 1. The normalized spacial score (nSPS) is 13.6. The van der Waals surface area contributed by atoms with Crippen LogP contribution in [0.2, 0.25) is 0 Å². The van der Waals surface area contributed by atoms with Gasteiger partial charge in [0.05, 0.1) is 11.5 Å². The van der Waals surface area contributed by atoms with Crippen LogP contribution in [-0.2, 0) is 11.0 Å². The summed E-state index contributed by atoms with van der Waals surface area (Å²) in [5, 5.41) is 2.91. The molecule has 0 bridgehead atoms. The maximum atomic E-state index is 13.8. The van der Waals surface area contributed by atoms with Gasteiger partial charge in [0, 0.05) is 18.2 Å². The van der Waals surface area contributed by atoms with E-state index in [-0.39, 0.29) is 18.2 Å². The number of hydrogen-bond donors (Lipinski definition) is 2. The topological polar surface area (TPSA) is 55.1 Å². The van der Waals surface area contributed by atoms with Gasteiger partial charge in [-0.3, -0.25) is 4.79 Å². The number of nitrogens with one attached hydrogen (secondary N) is 1. The highest BCUT2D eigenvalue weighted by atomic mass is 19.4. The highest BCUT2D eigenvalue weighted by Crippen LogP contribution is 2.31. The lowest BCUT2D eigenvalue weighted by Gasteiger charge is -2.18. The Bertz CT molecular complexity index is 486. The van der Waals surface area contributed by atoms with E-state index in [1.54, 1.807) is 0 Å². The van der Waals surface area contributed by atoms with Crippen molar-refractivity contribution in [3.63, 3.8) is 0 Å². The third-order valence-corrected chi connectivity index (χ3v) is 2.78. The van der Waals surface area contributed by atoms with Crippen molar-refractivity contribution < 1.29 is 22.4 Å². The Morgan fingerprint density at radius 2 is 1.95 bits per heavy atom. The number of hydrogen-bond acceptors (Lipinski definition) is 2. The molecule has 0 aliphatic carbocycles. The van der Waals surface area contributed by atoms with Gasteiger partial charge in [0.15, 0.2) is 0 Å². The summed E-state index contributed by atoms with van der Waals surface area (Å²) in [4.78, 5) is 11.3. The van der Waals surface area contributed by atoms with Gasteiger partial charge in [-0.25, -0.2) is 4.39 Å². The van der Waals surface area contributed by atoms with E-state index in [0.29, 0.717) is 6.07 Å². The summed E-state index contributed by atoms with van der Waals surface area (Å²) >= 11 is 0. The molecule has 1 rings (SSSR count). The molecule has 0 heterocycles. The van der Waals surface area contributed by atoms with Crippen LogP contribution >= 0.6 is 0 Å². The predicted molar refractivity (Wildman–Crippen MR) is 66.5 cm³/mol. The van der Waals surface area contributed by atoms with E-state index in [2.05, 4.69) is 5.32 Å². The first-order valence-corrected chi connectivity index (χ1v) is 6.02. The van der Waals surface area contributed by atoms with Crippen LogP contribution in [0.3, 0.4) is 0 Å². The van der Waals surface area contributed by atoms with Gasteiger partial charge < -0.3 is 11.1 Å². The third kappa shape index (κ3) is 4.19. The van der Waals surface area contributed by atoms with Crippen LogP contribution < -0.4 is 11.1 Å². The highest BCUT2D eigenvalue weighted by molar-refractivity contribution is 5.82. The lowest BCUT2D eigenvalue weighted by atomic mass is 9.96. The molecule has 0 unspecified atom stereocenters. The van der Waals surface area contributed by atoms with Crippen LogP contribution in [0, 0.1) is 5.82 Å². The molecular formula is C13H16F4N2O. The number of alkyl halides is 3. The second-order valence-electron chi connectivity index (χ2n) is 4.75. The Hall–Kier alpha value is -1.63. The zero-order valence-corrected chi connectivity index (χ0v) is 11.1. The first kappa shape index (κ1) is 16.4. The molecule has 0 aromatic heterocycles. The van der Waals surface area contributed by atoms with Gasteiger partial charge in [-0.05, 0) is 12.1 Å². The van der Waals surface area contributed by atoms with Gasteiger partial charge in [0.1, 0.15) is 5.82 Å². The summed E-state index contributed by atoms with van der Waals surface area (Å²) in [7, 11) is 0. The monoisotopic (exact) mass is 292 g/mol. The molecule has 0 spiro atoms. The number of amides is 1. The first-order chi connectivity index (χ1) is 9.12. The quantitative estimate of drug-likeness (QED) is 0.819. The predicted octanol–water partition coefficient (Wildman–Crippen LogP) is 2.41. The van der Waals surface area contributed by atoms with Crippen LogP contribution in [0.25, 0.3) is 0 Å². The van der Waals surface area contributed by atoms with Crippen molar-refractivity contribution in [3.05, 3.63) is 35.1 Å². The zero-order chi connectivity index (χ0) is 15.5. The molecule has 0 fully saturated rings. The fourth-order valence-corrected chi connectivity index (χ4v) is 1.70. The van der Waals surface area contributed by atoms with Gasteiger partial charge in [-0.2, -0.15) is 13.2 Å². The molecule has 0 radical (unpaired) electrons. The van der Waals surface area contributed by atoms with E-state index >= 15 is 0 Å². The van der Waals surface area contributed by atoms with Gasteiger partial charge >= 0.3 is 6.18 Å². The molecular weight excluding hydrogens is 276 g/mol. The molecule has 3 nitrogen and oxygen atoms in total. The van der Waals surface area contributed by atoms with Gasteiger partial charge in [0.25, 0.3) is 0 Å². The van der Waals surface area contributed by atoms with E-state index in [1.807, 2.05) is 13.8 Å². The van der Waals surface area contributed by atoms with Crippen molar-refractivity contribution >= 4 is 5.91 Å². The minimum Gasteiger partial charge on any atom is -0.369 e. The number of rotatable bonds is 5. The molecule has 7 heteroatoms. The third-order valence-electron chi connectivity index (χ3n) is 2.78. The van der Waals surface area contributed by atoms with E-state index in [0.717, 1.165) is 12.1 Å². The Kier molecular flexibility index (Phi) is 5.10. The summed E-state index contributed by atoms with van der Waals surface area (Å²) in [6, 6.07) is 2.11. The molecule has 0 saturated carbocycles. The number of carbonyl (C=O) groups excluding carboxylic acids is 1. The Labute approximate surface area is 114 Å². The first-order valence-electron chi connectivity index (χ1n) is 6.02. The molecule has 0 aliphatic rings. The minimum absolute atomic E-state index is 0.0364. The summed E-state index contributed by atoms with van der Waals surface area (Å²) in [6.45, 7) is 3.71. The van der Waals surface area contributed by atoms with Gasteiger partial charge in [-0.15, -0.1) is 0 Å². The number of halogens is 4. The van der Waals surface area contributed by atoms with Gasteiger partial charge in [0.2, 0.25) is 5.91 Å². The summed E-state index contributed by atoms with van der Waals surface area (Å²) in [5.41, 5.74) is 3.94. The van der Waals surface area contributed by atoms with Crippen LogP contribution in [0.15, 0.2) is 18.2 Å². The van der Waals surface area contributed by atoms with Crippen LogP contribution in [0.4, 0.5) is 17.6 Å². The largest absolute Gasteiger partial charge is 0.416 e. The molecule has 1 aromatic carbocycles. The van der Waals surface area contributed by atoms with Crippen molar-refractivity contribution in [1.29, 1.82) is 0 Å². The maximum Gasteiger partial charge on any atom is 0.416 e. The lowest BCUT2D eigenvalue weighted by Crippen LogP contribution is -2.35. The SMILES string of the molecule is CC(C)NC[C@@H](C(N)=O)c1ccc(C(F)(F)F)cc1F. The van der Waals surface area contributed by atoms with Crippen LogP contribution in [0.5, 0.6) is 0 Å². The zero-order valence-electron chi connectivity index (χ0n) is 11.1. The summed E-state index contributed by atoms with van der Waals surface area (Å²) < 4.78 is 51.1. The standard InChI is InChI=1S/C13H16F4N2O/c1-7(2)19-6-10(12(18)20)9-4-3-8(5-11(9)14)13(15,16)17/h3-5,7,10,19H,6H2,1-2H3,(H2,18,20)/t10-/m1/s1. The number of nitrogens with two attached hydrogens (primary N) is 1. The number of carbonyl (C=O) groups is 1. The molecule has 1 amide bonds. The highest BCUT2D eigenvalue weighted by Gasteiger charge is 2.32. The fourth-order valence-electron chi connectivity index (χ4n) is 1.70. The van der Waals surface area contributed by atoms with Crippen LogP contribution in [-0.4, -0.2) is 18.5 Å². The van der Waals surface area contributed by atoms with Crippen molar-refractivity contribution in [2.45, 2.75) is 32.0 Å². The van der Waals surface area contributed by atoms with Crippen molar-refractivity contribution in [2.24, 2.45) is 5.73 Å². The average Bonchev–Trinajstić information content (AvgIpc) is 2.28. The molecule has 1 aromatic rings. The Morgan fingerprint density at radius 1 is 1.35 bits per heavy atom. The van der Waals surface area contributed by atoms with Crippen molar-refractivity contribution in [3.8, 4) is 0 Å². The molecule has 0 saturated heterocycles. The number of primary amides is 1. The van der Waals surface area contributed by atoms with E-state index in [4.69, 9.17) is 5.73 Å². The molecule has 0 aliphatic heterocycles. The van der Waals surface area contributed by atoms with E-state index in [9.17, 15) is 22.4 Å². The van der Waals surface area contributed by atoms with Crippen molar-refractivity contribution in [2.75, 3.05) is 6.54 Å². The lowest BCUT2D eigenvalue weighted by molar-refractivity contribution is -0.137. The Balaban J connectivity index is 3.06. The van der Waals surface area contributed by atoms with E-state index < -0.39 is 29.4 Å². The molecule has 20 heavy (non-hydrogen) atoms. The maximum absolute atomic E-state index is 13.8. The molecule has 3 N–H and O–H groups in total.